The largest absolute Gasteiger partial charge is 0.375 e. The summed E-state index contributed by atoms with van der Waals surface area (Å²) >= 11 is 0. The van der Waals surface area contributed by atoms with Crippen molar-refractivity contribution in [1.29, 1.82) is 0 Å². The van der Waals surface area contributed by atoms with Gasteiger partial charge in [0.15, 0.2) is 0 Å². The van der Waals surface area contributed by atoms with E-state index in [1.165, 1.54) is 5.56 Å². The molecule has 0 spiro atoms. The summed E-state index contributed by atoms with van der Waals surface area (Å²) in [5.41, 5.74) is 2.40. The maximum atomic E-state index is 5.56. The number of rotatable bonds is 4. The lowest BCUT2D eigenvalue weighted by Crippen LogP contribution is -2.41. The molecule has 0 amide bonds. The van der Waals surface area contributed by atoms with Crippen LogP contribution in [-0.4, -0.2) is 37.3 Å². The molecule has 1 N–H and O–H groups in total. The summed E-state index contributed by atoms with van der Waals surface area (Å²) in [6.07, 6.45) is 0.294. The van der Waals surface area contributed by atoms with E-state index in [1.807, 2.05) is 0 Å². The molecule has 2 rings (SSSR count). The Bertz CT molecular complexity index is 395. The molecule has 4 heteroatoms. The highest BCUT2D eigenvalue weighted by molar-refractivity contribution is 5.42. The van der Waals surface area contributed by atoms with Gasteiger partial charge in [-0.25, -0.2) is 4.98 Å². The molecule has 1 unspecified atom stereocenters. The number of pyridine rings is 1. The van der Waals surface area contributed by atoms with Crippen LogP contribution in [-0.2, 0) is 11.3 Å². The van der Waals surface area contributed by atoms with E-state index in [4.69, 9.17) is 9.72 Å². The van der Waals surface area contributed by atoms with Gasteiger partial charge in [-0.1, -0.05) is 13.0 Å². The van der Waals surface area contributed by atoms with Crippen molar-refractivity contribution in [3.63, 3.8) is 0 Å². The maximum absolute atomic E-state index is 5.56. The Kier molecular flexibility index (Phi) is 4.55. The Hall–Kier alpha value is -1.13. The first kappa shape index (κ1) is 13.3. The Morgan fingerprint density at radius 3 is 3.00 bits per heavy atom. The highest BCUT2D eigenvalue weighted by atomic mass is 16.5. The fourth-order valence-electron chi connectivity index (χ4n) is 2.23. The summed E-state index contributed by atoms with van der Waals surface area (Å²) in [4.78, 5) is 7.02. The third-order valence-electron chi connectivity index (χ3n) is 3.31. The van der Waals surface area contributed by atoms with Crippen LogP contribution in [0.4, 0.5) is 5.82 Å². The van der Waals surface area contributed by atoms with Crippen molar-refractivity contribution in [1.82, 2.24) is 10.3 Å². The zero-order chi connectivity index (χ0) is 13.0. The normalized spacial score (nSPS) is 20.2. The number of aryl methyl sites for hydroxylation is 1. The second-order valence-electron chi connectivity index (χ2n) is 4.82. The van der Waals surface area contributed by atoms with Gasteiger partial charge >= 0.3 is 0 Å². The summed E-state index contributed by atoms with van der Waals surface area (Å²) in [5.74, 6) is 1.07. The molecular formula is C14H23N3O. The van der Waals surface area contributed by atoms with Gasteiger partial charge in [0.25, 0.3) is 0 Å². The molecule has 100 valence electrons. The summed E-state index contributed by atoms with van der Waals surface area (Å²) in [6, 6.07) is 4.30. The number of hydrogen-bond donors (Lipinski definition) is 1. The molecule has 1 aromatic heterocycles. The van der Waals surface area contributed by atoms with Crippen molar-refractivity contribution in [3.05, 3.63) is 23.4 Å². The standard InChI is InChI=1S/C14H23N3O/c1-4-15-9-13-5-6-14(16-12(13)3)17-7-8-18-11(2)10-17/h5-6,11,15H,4,7-10H2,1-3H3. The third kappa shape index (κ3) is 3.21. The molecule has 18 heavy (non-hydrogen) atoms. The maximum Gasteiger partial charge on any atom is 0.128 e. The molecule has 1 aliphatic rings. The van der Waals surface area contributed by atoms with Crippen LogP contribution in [0.5, 0.6) is 0 Å². The van der Waals surface area contributed by atoms with E-state index in [9.17, 15) is 0 Å². The smallest absolute Gasteiger partial charge is 0.128 e. The molecule has 2 heterocycles. The number of ether oxygens (including phenoxy) is 1. The first-order chi connectivity index (χ1) is 8.70. The van der Waals surface area contributed by atoms with Crippen molar-refractivity contribution in [2.24, 2.45) is 0 Å². The number of nitrogens with zero attached hydrogens (tertiary/aromatic N) is 2. The molecule has 0 radical (unpaired) electrons. The van der Waals surface area contributed by atoms with Gasteiger partial charge < -0.3 is 15.0 Å². The molecule has 1 fully saturated rings. The predicted molar refractivity (Wildman–Crippen MR) is 74.0 cm³/mol. The van der Waals surface area contributed by atoms with E-state index in [0.29, 0.717) is 6.10 Å². The zero-order valence-corrected chi connectivity index (χ0v) is 11.6. The fraction of sp³-hybridized carbons (Fsp3) is 0.643. The lowest BCUT2D eigenvalue weighted by molar-refractivity contribution is 0.0529. The van der Waals surface area contributed by atoms with Crippen LogP contribution in [0.15, 0.2) is 12.1 Å². The minimum absolute atomic E-state index is 0.294. The van der Waals surface area contributed by atoms with Crippen molar-refractivity contribution >= 4 is 5.82 Å². The molecular weight excluding hydrogens is 226 g/mol. The van der Waals surface area contributed by atoms with Gasteiger partial charge in [0, 0.05) is 25.3 Å². The van der Waals surface area contributed by atoms with Gasteiger partial charge in [-0.2, -0.15) is 0 Å². The van der Waals surface area contributed by atoms with Gasteiger partial charge in [-0.05, 0) is 32.0 Å². The van der Waals surface area contributed by atoms with Crippen molar-refractivity contribution in [2.45, 2.75) is 33.4 Å². The number of morpholine rings is 1. The van der Waals surface area contributed by atoms with Crippen LogP contribution >= 0.6 is 0 Å². The monoisotopic (exact) mass is 249 g/mol. The number of aromatic nitrogens is 1. The quantitative estimate of drug-likeness (QED) is 0.882. The van der Waals surface area contributed by atoms with Crippen molar-refractivity contribution in [3.8, 4) is 0 Å². The second kappa shape index (κ2) is 6.16. The summed E-state index contributed by atoms with van der Waals surface area (Å²) < 4.78 is 5.56. The minimum Gasteiger partial charge on any atom is -0.375 e. The lowest BCUT2D eigenvalue weighted by atomic mass is 10.2. The molecule has 0 bridgehead atoms. The molecule has 1 aliphatic heterocycles. The highest BCUT2D eigenvalue weighted by Gasteiger charge is 2.18. The molecule has 0 aliphatic carbocycles. The van der Waals surface area contributed by atoms with E-state index in [-0.39, 0.29) is 0 Å². The van der Waals surface area contributed by atoms with E-state index in [2.05, 4.69) is 43.1 Å². The molecule has 0 aromatic carbocycles. The molecule has 4 nitrogen and oxygen atoms in total. The van der Waals surface area contributed by atoms with Gasteiger partial charge in [0.2, 0.25) is 0 Å². The third-order valence-corrected chi connectivity index (χ3v) is 3.31. The highest BCUT2D eigenvalue weighted by Crippen LogP contribution is 2.17. The van der Waals surface area contributed by atoms with E-state index < -0.39 is 0 Å². The molecule has 1 aromatic rings. The second-order valence-corrected chi connectivity index (χ2v) is 4.82. The summed E-state index contributed by atoms with van der Waals surface area (Å²) in [7, 11) is 0. The van der Waals surface area contributed by atoms with Crippen LogP contribution < -0.4 is 10.2 Å². The molecule has 0 saturated carbocycles. The number of nitrogens with one attached hydrogen (secondary N) is 1. The summed E-state index contributed by atoms with van der Waals surface area (Å²) in [5, 5.41) is 3.34. The van der Waals surface area contributed by atoms with Gasteiger partial charge in [0.05, 0.1) is 12.7 Å². The first-order valence-corrected chi connectivity index (χ1v) is 6.74. The Balaban J connectivity index is 2.07. The SMILES string of the molecule is CCNCc1ccc(N2CCOC(C)C2)nc1C. The van der Waals surface area contributed by atoms with Crippen LogP contribution in [0.25, 0.3) is 0 Å². The zero-order valence-electron chi connectivity index (χ0n) is 11.6. The van der Waals surface area contributed by atoms with E-state index in [0.717, 1.165) is 44.3 Å². The number of hydrogen-bond acceptors (Lipinski definition) is 4. The lowest BCUT2D eigenvalue weighted by Gasteiger charge is -2.32. The van der Waals surface area contributed by atoms with Crippen molar-refractivity contribution < 1.29 is 4.74 Å². The van der Waals surface area contributed by atoms with Crippen LogP contribution in [0.2, 0.25) is 0 Å². The fourth-order valence-corrected chi connectivity index (χ4v) is 2.23. The minimum atomic E-state index is 0.294. The van der Waals surface area contributed by atoms with Crippen LogP contribution in [0.1, 0.15) is 25.1 Å². The van der Waals surface area contributed by atoms with E-state index >= 15 is 0 Å². The Morgan fingerprint density at radius 2 is 2.33 bits per heavy atom. The first-order valence-electron chi connectivity index (χ1n) is 6.74. The average Bonchev–Trinajstić information content (AvgIpc) is 2.37. The van der Waals surface area contributed by atoms with Crippen LogP contribution in [0.3, 0.4) is 0 Å². The molecule has 1 saturated heterocycles. The van der Waals surface area contributed by atoms with Gasteiger partial charge in [-0.3, -0.25) is 0 Å². The topological polar surface area (TPSA) is 37.4 Å². The van der Waals surface area contributed by atoms with E-state index in [1.54, 1.807) is 0 Å². The predicted octanol–water partition coefficient (Wildman–Crippen LogP) is 1.72. The Labute approximate surface area is 109 Å². The van der Waals surface area contributed by atoms with Gasteiger partial charge in [-0.15, -0.1) is 0 Å². The van der Waals surface area contributed by atoms with Crippen molar-refractivity contribution in [2.75, 3.05) is 31.1 Å². The summed E-state index contributed by atoms with van der Waals surface area (Å²) in [6.45, 7) is 10.9. The number of anilines is 1. The molecule has 1 atom stereocenters. The Morgan fingerprint density at radius 1 is 1.50 bits per heavy atom. The van der Waals surface area contributed by atoms with Gasteiger partial charge in [0.1, 0.15) is 5.82 Å². The average molecular weight is 249 g/mol. The van der Waals surface area contributed by atoms with Crippen LogP contribution in [0, 0.1) is 6.92 Å².